The van der Waals surface area contributed by atoms with Crippen LogP contribution < -0.4 is 9.47 Å². The summed E-state index contributed by atoms with van der Waals surface area (Å²) >= 11 is 4.25. The molecule has 29 heavy (non-hydrogen) atoms. The second kappa shape index (κ2) is 8.80. The molecule has 158 valence electrons. The van der Waals surface area contributed by atoms with Crippen molar-refractivity contribution in [1.29, 1.82) is 0 Å². The van der Waals surface area contributed by atoms with Gasteiger partial charge in [-0.2, -0.15) is 0 Å². The molecule has 2 bridgehead atoms. The Kier molecular flexibility index (Phi) is 6.35. The van der Waals surface area contributed by atoms with Crippen LogP contribution in [0.25, 0.3) is 0 Å². The number of hydrogen-bond donors (Lipinski definition) is 0. The van der Waals surface area contributed by atoms with Gasteiger partial charge in [-0.25, -0.2) is 0 Å². The van der Waals surface area contributed by atoms with E-state index in [-0.39, 0.29) is 24.3 Å². The lowest BCUT2D eigenvalue weighted by molar-refractivity contribution is -0.150. The van der Waals surface area contributed by atoms with E-state index in [9.17, 15) is 9.59 Å². The van der Waals surface area contributed by atoms with Gasteiger partial charge in [-0.15, -0.1) is 23.5 Å². The maximum absolute atomic E-state index is 12.8. The summed E-state index contributed by atoms with van der Waals surface area (Å²) in [7, 11) is 3.06. The van der Waals surface area contributed by atoms with Crippen LogP contribution in [0.4, 0.5) is 0 Å². The second-order valence-corrected chi connectivity index (χ2v) is 11.0. The predicted molar refractivity (Wildman–Crippen MR) is 116 cm³/mol. The first-order valence-corrected chi connectivity index (χ1v) is 12.2. The molecule has 1 aromatic carbocycles. The number of benzene rings is 1. The Morgan fingerprint density at radius 1 is 1.07 bits per heavy atom. The van der Waals surface area contributed by atoms with Crippen LogP contribution in [0, 0.1) is 17.8 Å². The van der Waals surface area contributed by atoms with Crippen molar-refractivity contribution in [3.63, 3.8) is 0 Å². The lowest BCUT2D eigenvalue weighted by Gasteiger charge is -2.51. The third-order valence-corrected chi connectivity index (χ3v) is 10.5. The van der Waals surface area contributed by atoms with Crippen molar-refractivity contribution < 1.29 is 23.8 Å². The Labute approximate surface area is 180 Å². The zero-order valence-corrected chi connectivity index (χ0v) is 18.6. The molecule has 0 N–H and O–H groups in total. The van der Waals surface area contributed by atoms with E-state index in [0.29, 0.717) is 33.0 Å². The zero-order valence-electron chi connectivity index (χ0n) is 17.0. The van der Waals surface area contributed by atoms with Gasteiger partial charge < -0.3 is 14.2 Å². The van der Waals surface area contributed by atoms with E-state index < -0.39 is 0 Å². The van der Waals surface area contributed by atoms with Crippen molar-refractivity contribution >= 4 is 35.3 Å². The second-order valence-electron chi connectivity index (χ2n) is 8.01. The molecule has 2 aliphatic carbocycles. The Morgan fingerprint density at radius 2 is 1.76 bits per heavy atom. The van der Waals surface area contributed by atoms with Crippen LogP contribution in [0.1, 0.15) is 42.5 Å². The summed E-state index contributed by atoms with van der Waals surface area (Å²) in [6.45, 7) is -0.261. The quantitative estimate of drug-likeness (QED) is 0.483. The summed E-state index contributed by atoms with van der Waals surface area (Å²) in [6.07, 6.45) is 5.48. The number of ether oxygens (including phenoxy) is 3. The van der Waals surface area contributed by atoms with E-state index in [1.165, 1.54) is 37.9 Å². The molecule has 3 fully saturated rings. The first-order chi connectivity index (χ1) is 14.1. The number of thioether (sulfide) groups is 2. The molecule has 1 aromatic rings. The van der Waals surface area contributed by atoms with Crippen LogP contribution in [0.5, 0.6) is 11.5 Å². The van der Waals surface area contributed by atoms with Gasteiger partial charge in [0.25, 0.3) is 0 Å². The molecule has 0 radical (unpaired) electrons. The highest BCUT2D eigenvalue weighted by molar-refractivity contribution is 8.21. The predicted octanol–water partition coefficient (Wildman–Crippen LogP) is 4.43. The Balaban J connectivity index is 1.39. The Morgan fingerprint density at radius 3 is 2.38 bits per heavy atom. The molecular formula is C22H28O5S2. The summed E-state index contributed by atoms with van der Waals surface area (Å²) in [4.78, 5) is 25.5. The van der Waals surface area contributed by atoms with Gasteiger partial charge in [0.15, 0.2) is 6.61 Å². The fourth-order valence-corrected chi connectivity index (χ4v) is 9.10. The average molecular weight is 437 g/mol. The topological polar surface area (TPSA) is 61.8 Å². The maximum Gasteiger partial charge on any atom is 0.309 e. The van der Waals surface area contributed by atoms with E-state index in [0.717, 1.165) is 12.8 Å². The van der Waals surface area contributed by atoms with Gasteiger partial charge in [-0.3, -0.25) is 9.59 Å². The Bertz CT molecular complexity index is 758. The number of ketones is 1. The smallest absolute Gasteiger partial charge is 0.309 e. The lowest BCUT2D eigenvalue weighted by Crippen LogP contribution is -2.48. The first-order valence-electron chi connectivity index (χ1n) is 10.3. The molecule has 4 rings (SSSR count). The van der Waals surface area contributed by atoms with Crippen LogP contribution in [-0.4, -0.2) is 48.2 Å². The van der Waals surface area contributed by atoms with E-state index >= 15 is 0 Å². The van der Waals surface area contributed by atoms with E-state index in [1.807, 2.05) is 0 Å². The number of Topliss-reactive ketones (excluding diaryl/α,β-unsaturated/α-hetero) is 1. The van der Waals surface area contributed by atoms with E-state index in [2.05, 4.69) is 23.5 Å². The molecule has 3 aliphatic rings. The molecule has 0 amide bonds. The van der Waals surface area contributed by atoms with Gasteiger partial charge in [0, 0.05) is 11.5 Å². The highest BCUT2D eigenvalue weighted by Gasteiger charge is 2.55. The van der Waals surface area contributed by atoms with E-state index in [1.54, 1.807) is 25.3 Å². The van der Waals surface area contributed by atoms with Gasteiger partial charge >= 0.3 is 5.97 Å². The van der Waals surface area contributed by atoms with Crippen molar-refractivity contribution in [3.8, 4) is 11.5 Å². The zero-order chi connectivity index (χ0) is 20.4. The molecule has 1 heterocycles. The van der Waals surface area contributed by atoms with Gasteiger partial charge in [-0.05, 0) is 55.7 Å². The Hall–Kier alpha value is -1.34. The van der Waals surface area contributed by atoms with E-state index in [4.69, 9.17) is 14.2 Å². The summed E-state index contributed by atoms with van der Waals surface area (Å²) in [6, 6.07) is 5.04. The fraction of sp³-hybridized carbons (Fsp3) is 0.636. The molecule has 0 aromatic heterocycles. The summed E-state index contributed by atoms with van der Waals surface area (Å²) < 4.78 is 16.3. The normalized spacial score (nSPS) is 27.4. The van der Waals surface area contributed by atoms with Crippen LogP contribution in [0.3, 0.4) is 0 Å². The number of carbonyl (C=O) groups is 2. The standard InChI is InChI=1S/C22H28O5S2/c1-25-17-6-7-20(26-2)18(12-17)19(23)13-27-21(24)14-10-15-4-3-5-16(11-14)22(15)28-8-9-29-22/h6-7,12,14-16H,3-5,8-11,13H2,1-2H3. The molecule has 7 heteroatoms. The minimum atomic E-state index is -0.275. The molecular weight excluding hydrogens is 408 g/mol. The van der Waals surface area contributed by atoms with Crippen molar-refractivity contribution in [2.24, 2.45) is 17.8 Å². The minimum Gasteiger partial charge on any atom is -0.497 e. The van der Waals surface area contributed by atoms with Gasteiger partial charge in [-0.1, -0.05) is 6.42 Å². The number of esters is 1. The monoisotopic (exact) mass is 436 g/mol. The third kappa shape index (κ3) is 4.00. The maximum atomic E-state index is 12.8. The highest BCUT2D eigenvalue weighted by Crippen LogP contribution is 2.64. The molecule has 1 aliphatic heterocycles. The van der Waals surface area contributed by atoms with Crippen LogP contribution in [0.15, 0.2) is 18.2 Å². The highest BCUT2D eigenvalue weighted by atomic mass is 32.2. The number of hydrogen-bond acceptors (Lipinski definition) is 7. The van der Waals surface area contributed by atoms with Crippen molar-refractivity contribution in [2.75, 3.05) is 32.3 Å². The molecule has 5 nitrogen and oxygen atoms in total. The van der Waals surface area contributed by atoms with Gasteiger partial charge in [0.2, 0.25) is 5.78 Å². The van der Waals surface area contributed by atoms with Crippen LogP contribution >= 0.6 is 23.5 Å². The van der Waals surface area contributed by atoms with Crippen molar-refractivity contribution in [1.82, 2.24) is 0 Å². The lowest BCUT2D eigenvalue weighted by atomic mass is 9.67. The number of rotatable bonds is 6. The summed E-state index contributed by atoms with van der Waals surface area (Å²) in [5.74, 6) is 4.06. The third-order valence-electron chi connectivity index (χ3n) is 6.51. The van der Waals surface area contributed by atoms with Crippen molar-refractivity contribution in [2.45, 2.75) is 36.2 Å². The average Bonchev–Trinajstić information content (AvgIpc) is 3.20. The van der Waals surface area contributed by atoms with Gasteiger partial charge in [0.05, 0.1) is 29.8 Å². The number of carbonyl (C=O) groups excluding carboxylic acids is 2. The molecule has 2 unspecified atom stereocenters. The molecule has 2 saturated carbocycles. The van der Waals surface area contributed by atoms with Crippen LogP contribution in [0.2, 0.25) is 0 Å². The minimum absolute atomic E-state index is 0.0854. The van der Waals surface area contributed by atoms with Gasteiger partial charge in [0.1, 0.15) is 11.5 Å². The fourth-order valence-electron chi connectivity index (χ4n) is 5.17. The molecule has 1 saturated heterocycles. The molecule has 2 atom stereocenters. The van der Waals surface area contributed by atoms with Crippen LogP contribution in [-0.2, 0) is 9.53 Å². The number of methoxy groups -OCH3 is 2. The summed E-state index contributed by atoms with van der Waals surface area (Å²) in [5.41, 5.74) is 0.373. The SMILES string of the molecule is COc1ccc(OC)c(C(=O)COC(=O)C2CC3CCCC(C2)C32SCCS2)c1. The first kappa shape index (κ1) is 20.9. The summed E-state index contributed by atoms with van der Waals surface area (Å²) in [5, 5.41) is 0. The largest absolute Gasteiger partial charge is 0.497 e. The van der Waals surface area contributed by atoms with Crippen molar-refractivity contribution in [3.05, 3.63) is 23.8 Å². The molecule has 1 spiro atoms.